The van der Waals surface area contributed by atoms with Crippen molar-refractivity contribution in [3.63, 3.8) is 0 Å². The van der Waals surface area contributed by atoms with Crippen molar-refractivity contribution in [1.29, 1.82) is 0 Å². The highest BCUT2D eigenvalue weighted by atomic mass is 35.5. The summed E-state index contributed by atoms with van der Waals surface area (Å²) in [7, 11) is 0. The van der Waals surface area contributed by atoms with Gasteiger partial charge in [0.2, 0.25) is 0 Å². The van der Waals surface area contributed by atoms with E-state index in [1.165, 1.54) is 18.6 Å². The Morgan fingerprint density at radius 3 is 2.89 bits per heavy atom. The summed E-state index contributed by atoms with van der Waals surface area (Å²) in [6, 6.07) is 4.53. The number of hydrogen-bond acceptors (Lipinski definition) is 1. The van der Waals surface area contributed by atoms with Crippen LogP contribution in [0.1, 0.15) is 38.7 Å². The van der Waals surface area contributed by atoms with E-state index in [2.05, 4.69) is 13.8 Å². The molecule has 1 nitrogen and oxygen atoms in total. The Morgan fingerprint density at radius 1 is 1.44 bits per heavy atom. The van der Waals surface area contributed by atoms with Crippen molar-refractivity contribution < 1.29 is 4.39 Å². The van der Waals surface area contributed by atoms with E-state index in [0.717, 1.165) is 18.4 Å². The molecule has 1 aromatic rings. The monoisotopic (exact) mass is 269 g/mol. The summed E-state index contributed by atoms with van der Waals surface area (Å²) < 4.78 is 13.3. The minimum atomic E-state index is -0.255. The molecule has 3 heteroatoms. The molecule has 1 fully saturated rings. The molecule has 0 aromatic heterocycles. The molecule has 100 valence electrons. The van der Waals surface area contributed by atoms with Gasteiger partial charge in [-0.1, -0.05) is 38.3 Å². The van der Waals surface area contributed by atoms with E-state index in [0.29, 0.717) is 23.3 Å². The predicted octanol–water partition coefficient (Wildman–Crippen LogP) is 4.18. The van der Waals surface area contributed by atoms with Crippen LogP contribution in [0.4, 0.5) is 4.39 Å². The van der Waals surface area contributed by atoms with Gasteiger partial charge in [0.25, 0.3) is 0 Å². The van der Waals surface area contributed by atoms with E-state index in [1.807, 2.05) is 0 Å². The maximum absolute atomic E-state index is 13.3. The Hall–Kier alpha value is -0.600. The SMILES string of the molecule is CC1CCCC(N)(Cc2cc(F)ccc2Cl)C1C. The lowest BCUT2D eigenvalue weighted by Gasteiger charge is -2.43. The summed E-state index contributed by atoms with van der Waals surface area (Å²) in [5.74, 6) is 0.816. The van der Waals surface area contributed by atoms with Gasteiger partial charge in [0, 0.05) is 10.6 Å². The quantitative estimate of drug-likeness (QED) is 0.857. The molecule has 0 radical (unpaired) electrons. The van der Waals surface area contributed by atoms with Gasteiger partial charge >= 0.3 is 0 Å². The molecule has 3 atom stereocenters. The van der Waals surface area contributed by atoms with Gasteiger partial charge in [0.05, 0.1) is 0 Å². The molecule has 1 aliphatic rings. The number of benzene rings is 1. The average molecular weight is 270 g/mol. The molecular weight excluding hydrogens is 249 g/mol. The van der Waals surface area contributed by atoms with Gasteiger partial charge in [-0.2, -0.15) is 0 Å². The lowest BCUT2D eigenvalue weighted by Crippen LogP contribution is -2.52. The number of rotatable bonds is 2. The third-order valence-electron chi connectivity index (χ3n) is 4.59. The largest absolute Gasteiger partial charge is 0.325 e. The van der Waals surface area contributed by atoms with Crippen LogP contribution in [0.15, 0.2) is 18.2 Å². The zero-order chi connectivity index (χ0) is 13.3. The molecular formula is C15H21ClFN. The van der Waals surface area contributed by atoms with Gasteiger partial charge < -0.3 is 5.73 Å². The first-order chi connectivity index (χ1) is 8.42. The van der Waals surface area contributed by atoms with Gasteiger partial charge in [0.1, 0.15) is 5.82 Å². The van der Waals surface area contributed by atoms with E-state index in [9.17, 15) is 4.39 Å². The second kappa shape index (κ2) is 5.18. The smallest absolute Gasteiger partial charge is 0.123 e. The third-order valence-corrected chi connectivity index (χ3v) is 4.96. The van der Waals surface area contributed by atoms with Crippen LogP contribution in [0, 0.1) is 17.7 Å². The van der Waals surface area contributed by atoms with Gasteiger partial charge in [-0.3, -0.25) is 0 Å². The molecule has 3 unspecified atom stereocenters. The Labute approximate surface area is 114 Å². The molecule has 18 heavy (non-hydrogen) atoms. The minimum Gasteiger partial charge on any atom is -0.325 e. The van der Waals surface area contributed by atoms with Crippen molar-refractivity contribution in [3.8, 4) is 0 Å². The average Bonchev–Trinajstić information content (AvgIpc) is 2.31. The second-order valence-corrected chi connectivity index (χ2v) is 6.21. The fourth-order valence-corrected chi connectivity index (χ4v) is 3.26. The fraction of sp³-hybridized carbons (Fsp3) is 0.600. The van der Waals surface area contributed by atoms with Crippen LogP contribution in [-0.2, 0) is 6.42 Å². The Bertz CT molecular complexity index is 435. The van der Waals surface area contributed by atoms with Crippen LogP contribution in [0.3, 0.4) is 0 Å². The molecule has 0 amide bonds. The molecule has 1 saturated carbocycles. The lowest BCUT2D eigenvalue weighted by atomic mass is 9.66. The Kier molecular flexibility index (Phi) is 3.98. The highest BCUT2D eigenvalue weighted by molar-refractivity contribution is 6.31. The summed E-state index contributed by atoms with van der Waals surface area (Å²) in [6.45, 7) is 4.45. The van der Waals surface area contributed by atoms with Crippen molar-refractivity contribution in [2.75, 3.05) is 0 Å². The normalized spacial score (nSPS) is 32.5. The topological polar surface area (TPSA) is 26.0 Å². The van der Waals surface area contributed by atoms with Crippen molar-refractivity contribution in [3.05, 3.63) is 34.6 Å². The predicted molar refractivity (Wildman–Crippen MR) is 74.2 cm³/mol. The van der Waals surface area contributed by atoms with Gasteiger partial charge in [-0.05, 0) is 48.4 Å². The molecule has 0 aliphatic heterocycles. The van der Waals surface area contributed by atoms with Crippen LogP contribution in [0.5, 0.6) is 0 Å². The van der Waals surface area contributed by atoms with E-state index in [-0.39, 0.29) is 11.4 Å². The summed E-state index contributed by atoms with van der Waals surface area (Å²) in [6.07, 6.45) is 4.03. The van der Waals surface area contributed by atoms with E-state index in [4.69, 9.17) is 17.3 Å². The van der Waals surface area contributed by atoms with Crippen LogP contribution < -0.4 is 5.73 Å². The van der Waals surface area contributed by atoms with Crippen molar-refractivity contribution >= 4 is 11.6 Å². The molecule has 1 aliphatic carbocycles. The highest BCUT2D eigenvalue weighted by Gasteiger charge is 2.38. The maximum atomic E-state index is 13.3. The first-order valence-corrected chi connectivity index (χ1v) is 7.03. The van der Waals surface area contributed by atoms with E-state index >= 15 is 0 Å². The van der Waals surface area contributed by atoms with E-state index < -0.39 is 0 Å². The number of hydrogen-bond donors (Lipinski definition) is 1. The summed E-state index contributed by atoms with van der Waals surface area (Å²) in [5.41, 5.74) is 7.14. The standard InChI is InChI=1S/C15H21ClFN/c1-10-4-3-7-15(18,11(10)2)9-12-8-13(17)5-6-14(12)16/h5-6,8,10-11H,3-4,7,9,18H2,1-2H3. The summed E-state index contributed by atoms with van der Waals surface area (Å²) in [5, 5.41) is 0.617. The van der Waals surface area contributed by atoms with E-state index in [1.54, 1.807) is 6.07 Å². The molecule has 0 saturated heterocycles. The van der Waals surface area contributed by atoms with Gasteiger partial charge in [-0.15, -0.1) is 0 Å². The maximum Gasteiger partial charge on any atom is 0.123 e. The molecule has 0 heterocycles. The van der Waals surface area contributed by atoms with Crippen LogP contribution >= 0.6 is 11.6 Å². The number of nitrogens with two attached hydrogens (primary N) is 1. The highest BCUT2D eigenvalue weighted by Crippen LogP contribution is 2.39. The fourth-order valence-electron chi connectivity index (χ4n) is 3.08. The summed E-state index contributed by atoms with van der Waals surface area (Å²) >= 11 is 6.14. The van der Waals surface area contributed by atoms with Gasteiger partial charge in [0.15, 0.2) is 0 Å². The number of halogens is 2. The third kappa shape index (κ3) is 2.70. The molecule has 2 rings (SSSR count). The first kappa shape index (κ1) is 13.8. The minimum absolute atomic E-state index is 0.241. The first-order valence-electron chi connectivity index (χ1n) is 6.65. The second-order valence-electron chi connectivity index (χ2n) is 5.80. The zero-order valence-electron chi connectivity index (χ0n) is 11.0. The van der Waals surface area contributed by atoms with Crippen molar-refractivity contribution in [1.82, 2.24) is 0 Å². The molecule has 1 aromatic carbocycles. The lowest BCUT2D eigenvalue weighted by molar-refractivity contribution is 0.143. The summed E-state index contributed by atoms with van der Waals surface area (Å²) in [4.78, 5) is 0. The Morgan fingerprint density at radius 2 is 2.17 bits per heavy atom. The van der Waals surface area contributed by atoms with Gasteiger partial charge in [-0.25, -0.2) is 4.39 Å². The zero-order valence-corrected chi connectivity index (χ0v) is 11.8. The van der Waals surface area contributed by atoms with Crippen LogP contribution in [0.2, 0.25) is 5.02 Å². The van der Waals surface area contributed by atoms with Crippen molar-refractivity contribution in [2.45, 2.75) is 45.1 Å². The van der Waals surface area contributed by atoms with Crippen molar-refractivity contribution in [2.24, 2.45) is 17.6 Å². The Balaban J connectivity index is 2.23. The van der Waals surface area contributed by atoms with Crippen LogP contribution in [-0.4, -0.2) is 5.54 Å². The molecule has 0 spiro atoms. The molecule has 2 N–H and O–H groups in total. The molecule has 0 bridgehead atoms. The van der Waals surface area contributed by atoms with Crippen LogP contribution in [0.25, 0.3) is 0 Å².